The first kappa shape index (κ1) is 21.4. The van der Waals surface area contributed by atoms with Gasteiger partial charge < -0.3 is 21.5 Å². The lowest BCUT2D eigenvalue weighted by Gasteiger charge is -2.33. The van der Waals surface area contributed by atoms with Crippen LogP contribution < -0.4 is 21.9 Å². The number of nitrogens with zero attached hydrogens (tertiary/aromatic N) is 1. The van der Waals surface area contributed by atoms with Crippen LogP contribution in [0.4, 0.5) is 11.8 Å². The Morgan fingerprint density at radius 2 is 2.06 bits per heavy atom. The number of carbonyl (C=O) groups is 2. The van der Waals surface area contributed by atoms with Gasteiger partial charge >= 0.3 is 5.97 Å². The van der Waals surface area contributed by atoms with Gasteiger partial charge in [0.2, 0.25) is 5.95 Å². The number of carboxylic acid groups (broad SMARTS) is 1. The maximum Gasteiger partial charge on any atom is 0.329 e. The van der Waals surface area contributed by atoms with Gasteiger partial charge in [-0.15, -0.1) is 11.3 Å². The molecule has 2 aromatic rings. The van der Waals surface area contributed by atoms with Crippen LogP contribution >= 0.6 is 11.3 Å². The molecule has 0 bridgehead atoms. The smallest absolute Gasteiger partial charge is 0.329 e. The second kappa shape index (κ2) is 8.70. The molecular formula is C21H27N5O4S. The van der Waals surface area contributed by atoms with E-state index in [1.165, 1.54) is 11.3 Å². The number of anilines is 2. The Hall–Kier alpha value is -2.88. The summed E-state index contributed by atoms with van der Waals surface area (Å²) in [4.78, 5) is 44.9. The molecule has 2 aliphatic rings. The zero-order valence-electron chi connectivity index (χ0n) is 17.2. The van der Waals surface area contributed by atoms with Crippen molar-refractivity contribution < 1.29 is 14.7 Å². The van der Waals surface area contributed by atoms with Crippen molar-refractivity contribution in [3.05, 3.63) is 37.8 Å². The van der Waals surface area contributed by atoms with Gasteiger partial charge in [-0.25, -0.2) is 4.79 Å². The Labute approximate surface area is 183 Å². The van der Waals surface area contributed by atoms with Crippen LogP contribution in [0.25, 0.3) is 0 Å². The minimum Gasteiger partial charge on any atom is -0.480 e. The van der Waals surface area contributed by atoms with Crippen LogP contribution in [-0.4, -0.2) is 39.0 Å². The fourth-order valence-electron chi connectivity index (χ4n) is 4.46. The molecule has 0 saturated heterocycles. The number of amides is 1. The zero-order chi connectivity index (χ0) is 22.0. The lowest BCUT2D eigenvalue weighted by molar-refractivity contribution is -0.145. The topological polar surface area (TPSA) is 150 Å². The molecule has 0 aromatic carbocycles. The van der Waals surface area contributed by atoms with E-state index in [-0.39, 0.29) is 23.3 Å². The molecule has 31 heavy (non-hydrogen) atoms. The molecule has 166 valence electrons. The van der Waals surface area contributed by atoms with Gasteiger partial charge in [-0.1, -0.05) is 19.3 Å². The van der Waals surface area contributed by atoms with Gasteiger partial charge in [-0.05, 0) is 50.2 Å². The number of carbonyl (C=O) groups excluding carboxylic acids is 1. The SMILES string of the molecule is Nc1nc2c(c(=O)[nH]1)CC(CCc1ccc(C(=O)NC3(C(=O)O)CCCCC3)s1)CN2. The number of rotatable bonds is 6. The summed E-state index contributed by atoms with van der Waals surface area (Å²) in [5, 5.41) is 15.7. The van der Waals surface area contributed by atoms with Crippen LogP contribution in [-0.2, 0) is 17.6 Å². The van der Waals surface area contributed by atoms with Crippen molar-refractivity contribution in [2.75, 3.05) is 17.6 Å². The Bertz CT molecular complexity index is 1040. The lowest BCUT2D eigenvalue weighted by Crippen LogP contribution is -2.55. The first-order valence-electron chi connectivity index (χ1n) is 10.6. The number of hydrogen-bond donors (Lipinski definition) is 5. The highest BCUT2D eigenvalue weighted by molar-refractivity contribution is 7.14. The van der Waals surface area contributed by atoms with Crippen LogP contribution in [0, 0.1) is 5.92 Å². The van der Waals surface area contributed by atoms with Gasteiger partial charge in [0, 0.05) is 11.4 Å². The fourth-order valence-corrected chi connectivity index (χ4v) is 5.38. The summed E-state index contributed by atoms with van der Waals surface area (Å²) in [6.07, 6.45) is 5.84. The van der Waals surface area contributed by atoms with E-state index < -0.39 is 11.5 Å². The van der Waals surface area contributed by atoms with E-state index in [1.54, 1.807) is 6.07 Å². The Kier molecular flexibility index (Phi) is 5.99. The molecule has 1 aliphatic heterocycles. The molecule has 4 rings (SSSR count). The number of nitrogens with one attached hydrogen (secondary N) is 3. The number of aromatic amines is 1. The van der Waals surface area contributed by atoms with Gasteiger partial charge in [0.15, 0.2) is 0 Å². The van der Waals surface area contributed by atoms with Crippen molar-refractivity contribution >= 4 is 35.0 Å². The van der Waals surface area contributed by atoms with Gasteiger partial charge in [-0.3, -0.25) is 14.6 Å². The molecule has 1 saturated carbocycles. The minimum absolute atomic E-state index is 0.108. The van der Waals surface area contributed by atoms with Crippen LogP contribution in [0.15, 0.2) is 16.9 Å². The van der Waals surface area contributed by atoms with Crippen LogP contribution in [0.2, 0.25) is 0 Å². The second-order valence-electron chi connectivity index (χ2n) is 8.44. The number of hydrogen-bond acceptors (Lipinski definition) is 7. The predicted octanol–water partition coefficient (Wildman–Crippen LogP) is 2.15. The van der Waals surface area contributed by atoms with E-state index in [4.69, 9.17) is 5.73 Å². The molecule has 10 heteroatoms. The van der Waals surface area contributed by atoms with Gasteiger partial charge in [0.05, 0.1) is 10.4 Å². The van der Waals surface area contributed by atoms with Gasteiger partial charge in [0.25, 0.3) is 11.5 Å². The molecule has 3 heterocycles. The quantitative estimate of drug-likeness (QED) is 0.457. The number of aliphatic carboxylic acids is 1. The highest BCUT2D eigenvalue weighted by Gasteiger charge is 2.41. The van der Waals surface area contributed by atoms with E-state index >= 15 is 0 Å². The van der Waals surface area contributed by atoms with Crippen LogP contribution in [0.1, 0.15) is 58.6 Å². The van der Waals surface area contributed by atoms with E-state index in [1.807, 2.05) is 6.07 Å². The third-order valence-electron chi connectivity index (χ3n) is 6.24. The largest absolute Gasteiger partial charge is 0.480 e. The maximum atomic E-state index is 12.7. The Balaban J connectivity index is 1.35. The lowest BCUT2D eigenvalue weighted by atomic mass is 9.81. The monoisotopic (exact) mass is 445 g/mol. The zero-order valence-corrected chi connectivity index (χ0v) is 18.0. The number of fused-ring (bicyclic) bond motifs is 1. The summed E-state index contributed by atoms with van der Waals surface area (Å²) >= 11 is 1.40. The average Bonchev–Trinajstić information content (AvgIpc) is 3.22. The summed E-state index contributed by atoms with van der Waals surface area (Å²) < 4.78 is 0. The summed E-state index contributed by atoms with van der Waals surface area (Å²) in [6, 6.07) is 3.69. The van der Waals surface area contributed by atoms with Gasteiger partial charge in [-0.2, -0.15) is 4.98 Å². The van der Waals surface area contributed by atoms with Crippen molar-refractivity contribution in [3.8, 4) is 0 Å². The Morgan fingerprint density at radius 1 is 1.29 bits per heavy atom. The average molecular weight is 446 g/mol. The number of nitrogen functional groups attached to an aromatic ring is 1. The molecule has 1 atom stereocenters. The first-order chi connectivity index (χ1) is 14.9. The highest BCUT2D eigenvalue weighted by atomic mass is 32.1. The fraction of sp³-hybridized carbons (Fsp3) is 0.524. The summed E-state index contributed by atoms with van der Waals surface area (Å²) in [5.74, 6) is -0.326. The molecule has 1 aliphatic carbocycles. The number of thiophene rings is 1. The molecule has 0 spiro atoms. The van der Waals surface area contributed by atoms with Crippen molar-refractivity contribution in [1.82, 2.24) is 15.3 Å². The first-order valence-corrected chi connectivity index (χ1v) is 11.4. The molecule has 1 amide bonds. The van der Waals surface area contributed by atoms with Gasteiger partial charge in [0.1, 0.15) is 11.4 Å². The molecule has 2 aromatic heterocycles. The molecule has 6 N–H and O–H groups in total. The van der Waals surface area contributed by atoms with Crippen molar-refractivity contribution in [1.29, 1.82) is 0 Å². The molecule has 0 radical (unpaired) electrons. The predicted molar refractivity (Wildman–Crippen MR) is 119 cm³/mol. The Morgan fingerprint density at radius 3 is 2.81 bits per heavy atom. The third-order valence-corrected chi connectivity index (χ3v) is 7.38. The van der Waals surface area contributed by atoms with Crippen molar-refractivity contribution in [2.45, 2.75) is 56.9 Å². The molecule has 1 unspecified atom stereocenters. The van der Waals surface area contributed by atoms with E-state index in [0.29, 0.717) is 42.1 Å². The maximum absolute atomic E-state index is 12.7. The molecule has 1 fully saturated rings. The van der Waals surface area contributed by atoms with E-state index in [0.717, 1.165) is 37.0 Å². The number of aromatic nitrogens is 2. The van der Waals surface area contributed by atoms with Crippen LogP contribution in [0.5, 0.6) is 0 Å². The second-order valence-corrected chi connectivity index (χ2v) is 9.60. The summed E-state index contributed by atoms with van der Waals surface area (Å²) in [6.45, 7) is 0.711. The number of aryl methyl sites for hydroxylation is 1. The van der Waals surface area contributed by atoms with Crippen molar-refractivity contribution in [3.63, 3.8) is 0 Å². The summed E-state index contributed by atoms with van der Waals surface area (Å²) in [7, 11) is 0. The highest BCUT2D eigenvalue weighted by Crippen LogP contribution is 2.30. The van der Waals surface area contributed by atoms with Crippen LogP contribution in [0.3, 0.4) is 0 Å². The standard InChI is InChI=1S/C21H27N5O4S/c22-20-24-16-14(17(27)25-20)10-12(11-23-16)4-5-13-6-7-15(31-13)18(28)26-21(19(29)30)8-2-1-3-9-21/h6-7,12H,1-5,8-11H2,(H,26,28)(H,29,30)(H4,22,23,24,25,27). The molecule has 9 nitrogen and oxygen atoms in total. The summed E-state index contributed by atoms with van der Waals surface area (Å²) in [5.41, 5.74) is 4.87. The number of carboxylic acids is 1. The number of nitrogens with two attached hydrogens (primary N) is 1. The molecular weight excluding hydrogens is 418 g/mol. The minimum atomic E-state index is -1.15. The van der Waals surface area contributed by atoms with Crippen molar-refractivity contribution in [2.24, 2.45) is 5.92 Å². The van der Waals surface area contributed by atoms with E-state index in [9.17, 15) is 19.5 Å². The van der Waals surface area contributed by atoms with E-state index in [2.05, 4.69) is 20.6 Å². The number of H-pyrrole nitrogens is 1. The normalized spacial score (nSPS) is 19.8. The third kappa shape index (κ3) is 4.58.